The molecule has 0 amide bonds. The molecule has 1 atom stereocenters. The molecule has 1 fully saturated rings. The molecule has 0 aliphatic carbocycles. The average Bonchev–Trinajstić information content (AvgIpc) is 2.94. The summed E-state index contributed by atoms with van der Waals surface area (Å²) in [7, 11) is 0. The van der Waals surface area contributed by atoms with Crippen molar-refractivity contribution in [2.75, 3.05) is 29.0 Å². The molecule has 2 aromatic rings. The first-order valence-corrected chi connectivity index (χ1v) is 6.94. The maximum atomic E-state index is 9.60. The number of rotatable bonds is 4. The Hall–Kier alpha value is -2.74. The van der Waals surface area contributed by atoms with Gasteiger partial charge in [0.2, 0.25) is 0 Å². The number of aliphatic hydroxyl groups excluding tert-OH is 1. The minimum absolute atomic E-state index is 0.304. The molecule has 8 nitrogen and oxygen atoms in total. The van der Waals surface area contributed by atoms with Gasteiger partial charge in [-0.05, 0) is 6.42 Å². The fourth-order valence-corrected chi connectivity index (χ4v) is 2.34. The molecule has 5 N–H and O–H groups in total. The van der Waals surface area contributed by atoms with Crippen LogP contribution in [0.25, 0.3) is 0 Å². The lowest BCUT2D eigenvalue weighted by atomic mass is 10.2. The van der Waals surface area contributed by atoms with E-state index in [1.807, 2.05) is 4.90 Å². The number of nitrogens with one attached hydrogen (secondary N) is 2. The summed E-state index contributed by atoms with van der Waals surface area (Å²) in [5.74, 6) is 1.91. The van der Waals surface area contributed by atoms with E-state index in [9.17, 15) is 5.11 Å². The smallest absolute Gasteiger partial charge is 0.137 e. The summed E-state index contributed by atoms with van der Waals surface area (Å²) in [6.07, 6.45) is 4.60. The topological polar surface area (TPSA) is 124 Å². The summed E-state index contributed by atoms with van der Waals surface area (Å²) in [4.78, 5) is 14.6. The van der Waals surface area contributed by atoms with Crippen molar-refractivity contribution in [3.8, 4) is 0 Å². The lowest BCUT2D eigenvalue weighted by Gasteiger charge is -2.17. The molecule has 0 spiro atoms. The lowest BCUT2D eigenvalue weighted by Crippen LogP contribution is -2.22. The van der Waals surface area contributed by atoms with Crippen molar-refractivity contribution in [1.29, 1.82) is 5.41 Å². The molecule has 2 aromatic heterocycles. The fraction of sp³-hybridized carbons (Fsp3) is 0.286. The molecule has 0 aromatic carbocycles. The first-order valence-electron chi connectivity index (χ1n) is 6.94. The Kier molecular flexibility index (Phi) is 3.84. The summed E-state index contributed by atoms with van der Waals surface area (Å²) >= 11 is 0. The van der Waals surface area contributed by atoms with Gasteiger partial charge in [-0.2, -0.15) is 0 Å². The number of β-amino-alcohol motifs (C(OH)–C–C–N with tert-alkyl or cyclic N) is 1. The highest BCUT2D eigenvalue weighted by atomic mass is 16.3. The number of aliphatic hydroxyl groups is 1. The summed E-state index contributed by atoms with van der Waals surface area (Å²) in [5.41, 5.74) is 6.88. The van der Waals surface area contributed by atoms with Crippen LogP contribution < -0.4 is 16.0 Å². The van der Waals surface area contributed by atoms with E-state index in [2.05, 4.69) is 20.3 Å². The van der Waals surface area contributed by atoms with Crippen LogP contribution in [0.4, 0.5) is 23.1 Å². The van der Waals surface area contributed by atoms with E-state index in [0.717, 1.165) is 25.0 Å². The van der Waals surface area contributed by atoms with Gasteiger partial charge in [0, 0.05) is 48.9 Å². The maximum Gasteiger partial charge on any atom is 0.137 e. The SMILES string of the molecule is N=Cc1cnc(Nc2cc(N3CC[C@@H](O)C3)ncn2)cc1N. The second-order valence-electron chi connectivity index (χ2n) is 5.12. The zero-order valence-electron chi connectivity index (χ0n) is 11.9. The molecule has 1 saturated heterocycles. The molecule has 3 heterocycles. The summed E-state index contributed by atoms with van der Waals surface area (Å²) in [6.45, 7) is 1.35. The van der Waals surface area contributed by atoms with E-state index < -0.39 is 0 Å². The number of nitrogens with zero attached hydrogens (tertiary/aromatic N) is 4. The first-order chi connectivity index (χ1) is 10.7. The maximum absolute atomic E-state index is 9.60. The van der Waals surface area contributed by atoms with Crippen molar-refractivity contribution in [1.82, 2.24) is 15.0 Å². The van der Waals surface area contributed by atoms with Crippen LogP contribution in [0.2, 0.25) is 0 Å². The van der Waals surface area contributed by atoms with Crippen molar-refractivity contribution in [3.63, 3.8) is 0 Å². The highest BCUT2D eigenvalue weighted by Crippen LogP contribution is 2.22. The third-order valence-electron chi connectivity index (χ3n) is 3.52. The molecule has 0 bridgehead atoms. The van der Waals surface area contributed by atoms with E-state index in [-0.39, 0.29) is 6.10 Å². The van der Waals surface area contributed by atoms with Crippen molar-refractivity contribution in [2.24, 2.45) is 0 Å². The molecule has 1 aliphatic heterocycles. The van der Waals surface area contributed by atoms with Crippen molar-refractivity contribution < 1.29 is 5.11 Å². The monoisotopic (exact) mass is 299 g/mol. The number of anilines is 4. The van der Waals surface area contributed by atoms with Gasteiger partial charge < -0.3 is 26.5 Å². The van der Waals surface area contributed by atoms with Crippen LogP contribution in [0, 0.1) is 5.41 Å². The van der Waals surface area contributed by atoms with Crippen LogP contribution in [0.5, 0.6) is 0 Å². The number of nitrogen functional groups attached to an aromatic ring is 1. The molecule has 8 heteroatoms. The second kappa shape index (κ2) is 5.94. The number of aromatic nitrogens is 3. The van der Waals surface area contributed by atoms with E-state index in [4.69, 9.17) is 11.1 Å². The molecule has 1 aliphatic rings. The van der Waals surface area contributed by atoms with Gasteiger partial charge >= 0.3 is 0 Å². The molecular formula is C14H17N7O. The molecule has 0 unspecified atom stereocenters. The summed E-state index contributed by atoms with van der Waals surface area (Å²) in [5, 5.41) is 19.9. The third-order valence-corrected chi connectivity index (χ3v) is 3.52. The second-order valence-corrected chi connectivity index (χ2v) is 5.12. The van der Waals surface area contributed by atoms with E-state index in [1.165, 1.54) is 12.5 Å². The first kappa shape index (κ1) is 14.2. The molecule has 22 heavy (non-hydrogen) atoms. The van der Waals surface area contributed by atoms with Crippen LogP contribution in [0.3, 0.4) is 0 Å². The summed E-state index contributed by atoms with van der Waals surface area (Å²) < 4.78 is 0. The minimum Gasteiger partial charge on any atom is -0.398 e. The number of hydrogen-bond acceptors (Lipinski definition) is 8. The standard InChI is InChI=1S/C14H17N7O/c15-5-9-6-17-12(3-11(9)16)20-13-4-14(19-8-18-13)21-2-1-10(22)7-21/h3-6,8,10,15,22H,1-2,7H2,(H3,16,17,18,19,20)/t10-/m1/s1. The van der Waals surface area contributed by atoms with Gasteiger partial charge in [0.15, 0.2) is 0 Å². The van der Waals surface area contributed by atoms with Crippen LogP contribution in [-0.2, 0) is 0 Å². The van der Waals surface area contributed by atoms with Gasteiger partial charge in [-0.15, -0.1) is 0 Å². The average molecular weight is 299 g/mol. The Morgan fingerprint density at radius 1 is 1.32 bits per heavy atom. The highest BCUT2D eigenvalue weighted by molar-refractivity contribution is 5.85. The van der Waals surface area contributed by atoms with Gasteiger partial charge in [0.25, 0.3) is 0 Å². The molecule has 114 valence electrons. The Morgan fingerprint density at radius 3 is 2.82 bits per heavy atom. The number of hydrogen-bond donors (Lipinski definition) is 4. The Morgan fingerprint density at radius 2 is 2.14 bits per heavy atom. The Bertz CT molecular complexity index is 691. The van der Waals surface area contributed by atoms with Gasteiger partial charge in [0.05, 0.1) is 6.10 Å². The molecule has 3 rings (SSSR count). The number of nitrogens with two attached hydrogens (primary N) is 1. The van der Waals surface area contributed by atoms with Gasteiger partial charge in [-0.25, -0.2) is 15.0 Å². The van der Waals surface area contributed by atoms with E-state index >= 15 is 0 Å². The van der Waals surface area contributed by atoms with Crippen molar-refractivity contribution in [3.05, 3.63) is 30.2 Å². The zero-order chi connectivity index (χ0) is 15.5. The quantitative estimate of drug-likeness (QED) is 0.614. The van der Waals surface area contributed by atoms with Gasteiger partial charge in [0.1, 0.15) is 23.8 Å². The molecular weight excluding hydrogens is 282 g/mol. The Balaban J connectivity index is 1.78. The third kappa shape index (κ3) is 2.96. The normalized spacial score (nSPS) is 17.5. The number of pyridine rings is 1. The highest BCUT2D eigenvalue weighted by Gasteiger charge is 2.21. The van der Waals surface area contributed by atoms with Crippen LogP contribution in [-0.4, -0.2) is 45.5 Å². The lowest BCUT2D eigenvalue weighted by molar-refractivity contribution is 0.198. The Labute approximate surface area is 127 Å². The van der Waals surface area contributed by atoms with E-state index in [1.54, 1.807) is 12.1 Å². The van der Waals surface area contributed by atoms with Gasteiger partial charge in [-0.1, -0.05) is 0 Å². The predicted molar refractivity (Wildman–Crippen MR) is 84.7 cm³/mol. The van der Waals surface area contributed by atoms with Crippen molar-refractivity contribution >= 4 is 29.4 Å². The van der Waals surface area contributed by atoms with Gasteiger partial charge in [-0.3, -0.25) is 0 Å². The van der Waals surface area contributed by atoms with Crippen molar-refractivity contribution in [2.45, 2.75) is 12.5 Å². The van der Waals surface area contributed by atoms with Crippen LogP contribution in [0.15, 0.2) is 24.7 Å². The largest absolute Gasteiger partial charge is 0.398 e. The zero-order valence-corrected chi connectivity index (χ0v) is 11.9. The van der Waals surface area contributed by atoms with Crippen LogP contribution in [0.1, 0.15) is 12.0 Å². The van der Waals surface area contributed by atoms with E-state index in [0.29, 0.717) is 29.4 Å². The molecule has 0 radical (unpaired) electrons. The summed E-state index contributed by atoms with van der Waals surface area (Å²) in [6, 6.07) is 3.46. The fourth-order valence-electron chi connectivity index (χ4n) is 2.34. The predicted octanol–water partition coefficient (Wildman–Crippen LogP) is 0.766. The minimum atomic E-state index is -0.304. The molecule has 0 saturated carbocycles. The van der Waals surface area contributed by atoms with Crippen LogP contribution >= 0.6 is 0 Å².